The van der Waals surface area contributed by atoms with Gasteiger partial charge in [-0.25, -0.2) is 0 Å². The minimum atomic E-state index is -4.80. The van der Waals surface area contributed by atoms with Gasteiger partial charge in [0.2, 0.25) is 0 Å². The molecule has 1 N–H and O–H groups in total. The van der Waals surface area contributed by atoms with Gasteiger partial charge in [-0.05, 0) is 4.52 Å². The predicted octanol–water partition coefficient (Wildman–Crippen LogP) is 0.542. The topological polar surface area (TPSA) is 155 Å². The molecule has 0 aliphatic heterocycles. The van der Waals surface area contributed by atoms with E-state index in [2.05, 4.69) is 10.4 Å². The van der Waals surface area contributed by atoms with E-state index < -0.39 is 14.8 Å². The van der Waals surface area contributed by atoms with Gasteiger partial charge < -0.3 is 0 Å². The lowest BCUT2D eigenvalue weighted by Crippen LogP contribution is -2.17. The Bertz CT molecular complexity index is 296. The fraction of sp³-hybridized carbons (Fsp3) is 0. The SMILES string of the molecule is [N-]=[N+]=NN(N=[N+]=[N-])S(=O)(=O)O. The van der Waals surface area contributed by atoms with Crippen LogP contribution in [0.4, 0.5) is 0 Å². The summed E-state index contributed by atoms with van der Waals surface area (Å²) in [5.41, 5.74) is 15.4. The Labute approximate surface area is 60.1 Å². The van der Waals surface area contributed by atoms with Crippen LogP contribution in [0.1, 0.15) is 0 Å². The molecule has 0 rings (SSSR count). The summed E-state index contributed by atoms with van der Waals surface area (Å²) in [6.07, 6.45) is 0. The molecule has 0 fully saturated rings. The largest absolute Gasteiger partial charge is 0.449 e. The zero-order valence-corrected chi connectivity index (χ0v) is 5.62. The molecule has 0 radical (unpaired) electrons. The van der Waals surface area contributed by atoms with E-state index in [9.17, 15) is 8.42 Å². The maximum Gasteiger partial charge on any atom is 0.449 e. The molecule has 0 aromatic carbocycles. The Morgan fingerprint density at radius 2 is 1.64 bits per heavy atom. The van der Waals surface area contributed by atoms with Crippen molar-refractivity contribution in [1.82, 2.24) is 4.52 Å². The number of rotatable bonds is 3. The van der Waals surface area contributed by atoms with Crippen molar-refractivity contribution in [3.63, 3.8) is 0 Å². The molecule has 0 aromatic rings. The lowest BCUT2D eigenvalue weighted by Gasteiger charge is -1.98. The van der Waals surface area contributed by atoms with Gasteiger partial charge in [-0.1, -0.05) is 0 Å². The van der Waals surface area contributed by atoms with Gasteiger partial charge in [-0.3, -0.25) is 4.55 Å². The second-order valence-electron chi connectivity index (χ2n) is 1.06. The van der Waals surface area contributed by atoms with Crippen molar-refractivity contribution in [1.29, 1.82) is 0 Å². The van der Waals surface area contributed by atoms with Crippen molar-refractivity contribution < 1.29 is 13.0 Å². The highest BCUT2D eigenvalue weighted by Crippen LogP contribution is 1.98. The number of nitrogens with zero attached hydrogens (tertiary/aromatic N) is 7. The van der Waals surface area contributed by atoms with Crippen molar-refractivity contribution >= 4 is 10.3 Å². The van der Waals surface area contributed by atoms with Crippen LogP contribution in [0.3, 0.4) is 0 Å². The summed E-state index contributed by atoms with van der Waals surface area (Å²) >= 11 is 0. The predicted molar refractivity (Wildman–Crippen MR) is 31.7 cm³/mol. The molecule has 11 heteroatoms. The molecule has 11 heavy (non-hydrogen) atoms. The van der Waals surface area contributed by atoms with Crippen molar-refractivity contribution in [3.8, 4) is 0 Å². The molecule has 0 aliphatic carbocycles. The summed E-state index contributed by atoms with van der Waals surface area (Å²) in [6.45, 7) is 0. The first-order valence-corrected chi connectivity index (χ1v) is 3.30. The van der Waals surface area contributed by atoms with E-state index in [4.69, 9.17) is 15.6 Å². The first-order valence-electron chi connectivity index (χ1n) is 1.90. The number of hydrogen-bond donors (Lipinski definition) is 1. The average molecular weight is 179 g/mol. The quantitative estimate of drug-likeness (QED) is 0.221. The summed E-state index contributed by atoms with van der Waals surface area (Å²) in [7, 11) is -4.80. The fourth-order valence-corrected chi connectivity index (χ4v) is 0.429. The Balaban J connectivity index is 4.91. The second-order valence-corrected chi connectivity index (χ2v) is 2.28. The second kappa shape index (κ2) is 3.49. The summed E-state index contributed by atoms with van der Waals surface area (Å²) in [5, 5.41) is 4.68. The Hall–Kier alpha value is -1.67. The minimum Gasteiger partial charge on any atom is -0.251 e. The molecule has 0 saturated carbocycles. The van der Waals surface area contributed by atoms with E-state index in [1.807, 2.05) is 9.82 Å². The van der Waals surface area contributed by atoms with Gasteiger partial charge >= 0.3 is 10.3 Å². The molecule has 0 aromatic heterocycles. The third-order valence-electron chi connectivity index (χ3n) is 0.439. The molecule has 0 unspecified atom stereocenters. The summed E-state index contributed by atoms with van der Waals surface area (Å²) < 4.78 is 27.7. The number of azide groups is 1. The van der Waals surface area contributed by atoms with Crippen LogP contribution in [0.2, 0.25) is 0 Å². The van der Waals surface area contributed by atoms with Gasteiger partial charge in [0.05, 0.1) is 0 Å². The molecule has 0 atom stereocenters. The van der Waals surface area contributed by atoms with Gasteiger partial charge in [0.15, 0.2) is 0 Å². The zero-order valence-electron chi connectivity index (χ0n) is 4.80. The van der Waals surface area contributed by atoms with Crippen molar-refractivity contribution in [2.24, 2.45) is 10.4 Å². The van der Waals surface area contributed by atoms with Gasteiger partial charge in [-0.15, -0.1) is 11.1 Å². The number of hydrogen-bond acceptors (Lipinski definition) is 4. The molecule has 0 heterocycles. The van der Waals surface area contributed by atoms with Crippen LogP contribution in [0.25, 0.3) is 20.9 Å². The lowest BCUT2D eigenvalue weighted by molar-refractivity contribution is 0.366. The van der Waals surface area contributed by atoms with Crippen LogP contribution >= 0.6 is 0 Å². The zero-order chi connectivity index (χ0) is 8.91. The average Bonchev–Trinajstić information content (AvgIpc) is 1.85. The molecule has 0 aliphatic rings. The summed E-state index contributed by atoms with van der Waals surface area (Å²) in [4.78, 5) is 3.94. The standard InChI is InChI=1S/HN7O3S/c1-3-5-7(6-4-2)11(8,9)10/h(H,8,9,10). The summed E-state index contributed by atoms with van der Waals surface area (Å²) in [6, 6.07) is 0. The molecule has 60 valence electrons. The van der Waals surface area contributed by atoms with Crippen LogP contribution in [0.5, 0.6) is 0 Å². The third kappa shape index (κ3) is 3.13. The molecule has 0 bridgehead atoms. The monoisotopic (exact) mass is 179 g/mol. The highest BCUT2D eigenvalue weighted by molar-refractivity contribution is 7.83. The minimum absolute atomic E-state index is 0.507. The van der Waals surface area contributed by atoms with Gasteiger partial charge in [0.25, 0.3) is 0 Å². The van der Waals surface area contributed by atoms with Crippen LogP contribution in [-0.2, 0) is 10.3 Å². The van der Waals surface area contributed by atoms with E-state index in [1.54, 1.807) is 0 Å². The Morgan fingerprint density at radius 1 is 1.27 bits per heavy atom. The van der Waals surface area contributed by atoms with Crippen molar-refractivity contribution in [3.05, 3.63) is 20.9 Å². The highest BCUT2D eigenvalue weighted by atomic mass is 32.2. The molecule has 0 spiro atoms. The van der Waals surface area contributed by atoms with E-state index in [0.717, 1.165) is 0 Å². The molecular weight excluding hydrogens is 178 g/mol. The first kappa shape index (κ1) is 9.33. The van der Waals surface area contributed by atoms with Crippen molar-refractivity contribution in [2.45, 2.75) is 0 Å². The lowest BCUT2D eigenvalue weighted by atomic mass is 12.4. The Kier molecular flexibility index (Phi) is 2.96. The van der Waals surface area contributed by atoms with Gasteiger partial charge in [0.1, 0.15) is 0 Å². The first-order chi connectivity index (χ1) is 5.02. The van der Waals surface area contributed by atoms with E-state index in [-0.39, 0.29) is 0 Å². The molecule has 0 amide bonds. The van der Waals surface area contributed by atoms with E-state index in [1.165, 1.54) is 0 Å². The van der Waals surface area contributed by atoms with E-state index in [0.29, 0.717) is 0 Å². The van der Waals surface area contributed by atoms with Crippen LogP contribution in [0, 0.1) is 0 Å². The van der Waals surface area contributed by atoms with Crippen LogP contribution in [-0.4, -0.2) is 17.5 Å². The highest BCUT2D eigenvalue weighted by Gasteiger charge is 2.17. The third-order valence-corrected chi connectivity index (χ3v) is 0.998. The maximum atomic E-state index is 10.1. The molecular formula is HN7O3S. The van der Waals surface area contributed by atoms with Crippen molar-refractivity contribution in [2.75, 3.05) is 0 Å². The Morgan fingerprint density at radius 3 is 1.82 bits per heavy atom. The fourth-order valence-electron chi connectivity index (χ4n) is 0.179. The van der Waals surface area contributed by atoms with Crippen LogP contribution < -0.4 is 0 Å². The molecule has 10 nitrogen and oxygen atoms in total. The van der Waals surface area contributed by atoms with E-state index >= 15 is 0 Å². The van der Waals surface area contributed by atoms with Gasteiger partial charge in [-0.2, -0.15) is 18.2 Å². The van der Waals surface area contributed by atoms with Gasteiger partial charge in [0, 0.05) is 10.4 Å². The normalized spacial score (nSPS) is 9.18. The summed E-state index contributed by atoms with van der Waals surface area (Å²) in [5.74, 6) is 0. The van der Waals surface area contributed by atoms with Crippen LogP contribution in [0.15, 0.2) is 10.4 Å². The molecule has 0 saturated heterocycles. The maximum absolute atomic E-state index is 10.1. The smallest absolute Gasteiger partial charge is 0.251 e.